The minimum absolute atomic E-state index is 0. The number of allylic oxidation sites excluding steroid dienone is 4. The Hall–Kier alpha value is -1.53. The van der Waals surface area contributed by atoms with Gasteiger partial charge >= 0.3 is 291 Å². The van der Waals surface area contributed by atoms with E-state index in [1.807, 2.05) is 0 Å². The molecule has 1 atom stereocenters. The summed E-state index contributed by atoms with van der Waals surface area (Å²) in [7, 11) is 0. The number of hydrogen-bond acceptors (Lipinski definition) is 0. The second-order valence-electron chi connectivity index (χ2n) is 17.5. The maximum Gasteiger partial charge on any atom is -1.00 e. The molecule has 0 N–H and O–H groups in total. The summed E-state index contributed by atoms with van der Waals surface area (Å²) in [4.78, 5) is 0. The van der Waals surface area contributed by atoms with E-state index in [9.17, 15) is 0 Å². The molecule has 6 rings (SSSR count). The first-order valence-electron chi connectivity index (χ1n) is 18.0. The van der Waals surface area contributed by atoms with Crippen molar-refractivity contribution in [2.75, 3.05) is 0 Å². The van der Waals surface area contributed by atoms with Crippen LogP contribution in [0, 0.1) is 32.1 Å². The van der Waals surface area contributed by atoms with Crippen molar-refractivity contribution < 1.29 is 46.1 Å². The van der Waals surface area contributed by atoms with Gasteiger partial charge in [0.15, 0.2) is 0 Å². The Morgan fingerprint density at radius 1 is 0.729 bits per heavy atom. The first kappa shape index (κ1) is 39.3. The number of aryl methyl sites for hydroxylation is 3. The molecule has 0 radical (unpaired) electrons. The van der Waals surface area contributed by atoms with Gasteiger partial charge in [0, 0.05) is 0 Å². The third kappa shape index (κ3) is 7.14. The molecular weight excluding hydrogens is 703 g/mol. The van der Waals surface area contributed by atoms with E-state index in [0.717, 1.165) is 0 Å². The van der Waals surface area contributed by atoms with E-state index in [1.165, 1.54) is 76.6 Å². The molecule has 3 aromatic carbocycles. The molecule has 0 heterocycles. The van der Waals surface area contributed by atoms with Crippen molar-refractivity contribution in [2.24, 2.45) is 11.3 Å². The summed E-state index contributed by atoms with van der Waals surface area (Å²) in [6, 6.07) is 20.0. The summed E-state index contributed by atoms with van der Waals surface area (Å²) in [5.41, 5.74) is 17.1. The molecule has 0 bridgehead atoms. The molecule has 1 unspecified atom stereocenters. The van der Waals surface area contributed by atoms with Gasteiger partial charge in [0.05, 0.1) is 0 Å². The molecule has 256 valence electrons. The molecule has 3 heteroatoms. The van der Waals surface area contributed by atoms with Crippen LogP contribution in [0.15, 0.2) is 69.5 Å². The molecule has 0 saturated heterocycles. The number of fused-ring (bicyclic) bond motifs is 3. The first-order valence-corrected chi connectivity index (χ1v) is 21.9. The fourth-order valence-corrected chi connectivity index (χ4v) is 18.1. The number of benzene rings is 3. The van der Waals surface area contributed by atoms with Gasteiger partial charge in [0.25, 0.3) is 0 Å². The largest absolute Gasteiger partial charge is 1.00 e. The minimum Gasteiger partial charge on any atom is -1.00 e. The van der Waals surface area contributed by atoms with Crippen LogP contribution in [0.2, 0.25) is 0 Å². The molecule has 0 spiro atoms. The van der Waals surface area contributed by atoms with Crippen molar-refractivity contribution in [2.45, 2.75) is 130 Å². The summed E-state index contributed by atoms with van der Waals surface area (Å²) in [6.07, 6.45) is 12.3. The Bertz CT molecular complexity index is 1710. The van der Waals surface area contributed by atoms with Gasteiger partial charge in [-0.1, -0.05) is 0 Å². The SMILES string of the molecule is C/[C](c1ccc(C)cc1)=[Zr+2](/[C]1=CC(C2(C)CCCCC2)=CC1C)[CH]1c2cc(C)c(C(C)(C)C)cc2-c2cc(C(C)(C)C)c(C)cc21.[Cl-].[Cl-]. The van der Waals surface area contributed by atoms with Crippen LogP contribution in [0.1, 0.15) is 143 Å². The Morgan fingerprint density at radius 2 is 1.21 bits per heavy atom. The van der Waals surface area contributed by atoms with E-state index >= 15 is 0 Å². The number of halogens is 2. The topological polar surface area (TPSA) is 0 Å². The smallest absolute Gasteiger partial charge is 1.00 e. The Morgan fingerprint density at radius 3 is 1.67 bits per heavy atom. The standard InChI is InChI=1S/C23H29.C13H19.C9H10.2ClH.Zr/c1-14-9-16-11-17-10-15(2)21(23(6,7)8)13-19(17)18(16)12-20(14)22(3,4)5;1-11-6-7-12(10-11)13(2)8-4-3-5-9-13;1-3-9-6-4-8(2)5-7-9;;;/h9-13H,1-8H3;7,10-11H,3-5,8-9H2,1-2H3;4-7H,1-2H3;2*1H;/q;;;;;+2/p-2. The van der Waals surface area contributed by atoms with Crippen molar-refractivity contribution in [1.29, 1.82) is 0 Å². The molecule has 0 aliphatic heterocycles. The zero-order valence-corrected chi connectivity index (χ0v) is 35.7. The van der Waals surface area contributed by atoms with Crippen molar-refractivity contribution in [1.82, 2.24) is 0 Å². The summed E-state index contributed by atoms with van der Waals surface area (Å²) < 4.78 is 3.98. The van der Waals surface area contributed by atoms with Crippen LogP contribution < -0.4 is 24.8 Å². The van der Waals surface area contributed by atoms with Crippen LogP contribution in [-0.2, 0) is 32.1 Å². The molecule has 48 heavy (non-hydrogen) atoms. The molecule has 0 nitrogen and oxygen atoms in total. The zero-order valence-electron chi connectivity index (χ0n) is 31.7. The van der Waals surface area contributed by atoms with Gasteiger partial charge in [-0.15, -0.1) is 0 Å². The molecule has 0 amide bonds. The van der Waals surface area contributed by atoms with Crippen molar-refractivity contribution >= 4 is 3.21 Å². The second-order valence-corrected chi connectivity index (χ2v) is 24.2. The maximum atomic E-state index is 2.77. The third-order valence-electron chi connectivity index (χ3n) is 11.7. The average molecular weight is 761 g/mol. The Balaban J connectivity index is 0.00000260. The molecule has 0 aromatic heterocycles. The Kier molecular flexibility index (Phi) is 11.6. The molecule has 3 aliphatic carbocycles. The van der Waals surface area contributed by atoms with Gasteiger partial charge in [-0.05, 0) is 0 Å². The molecule has 1 fully saturated rings. The third-order valence-corrected chi connectivity index (χ3v) is 20.3. The van der Waals surface area contributed by atoms with Gasteiger partial charge in [-0.25, -0.2) is 0 Å². The quantitative estimate of drug-likeness (QED) is 0.283. The minimum atomic E-state index is -2.61. The summed E-state index contributed by atoms with van der Waals surface area (Å²) in [5, 5.41) is 0. The van der Waals surface area contributed by atoms with Gasteiger partial charge in [-0.3, -0.25) is 0 Å². The number of hydrogen-bond donors (Lipinski definition) is 0. The van der Waals surface area contributed by atoms with Crippen molar-refractivity contribution in [3.63, 3.8) is 0 Å². The fourth-order valence-electron chi connectivity index (χ4n) is 9.08. The molecule has 3 aromatic rings. The predicted molar refractivity (Wildman–Crippen MR) is 198 cm³/mol. The van der Waals surface area contributed by atoms with E-state index in [2.05, 4.69) is 144 Å². The summed E-state index contributed by atoms with van der Waals surface area (Å²) >= 11 is -2.61. The van der Waals surface area contributed by atoms with Gasteiger partial charge in [0.1, 0.15) is 0 Å². The van der Waals surface area contributed by atoms with Crippen LogP contribution in [0.3, 0.4) is 0 Å². The van der Waals surface area contributed by atoms with E-state index in [1.54, 1.807) is 23.2 Å². The van der Waals surface area contributed by atoms with Gasteiger partial charge in [-0.2, -0.15) is 0 Å². The maximum absolute atomic E-state index is 2.77. The van der Waals surface area contributed by atoms with Gasteiger partial charge < -0.3 is 24.8 Å². The van der Waals surface area contributed by atoms with E-state index in [4.69, 9.17) is 0 Å². The van der Waals surface area contributed by atoms with Crippen LogP contribution in [0.4, 0.5) is 0 Å². The molecule has 3 aliphatic rings. The van der Waals surface area contributed by atoms with E-state index < -0.39 is 21.3 Å². The summed E-state index contributed by atoms with van der Waals surface area (Å²) in [6.45, 7) is 28.9. The Labute approximate surface area is 313 Å². The van der Waals surface area contributed by atoms with Crippen molar-refractivity contribution in [3.05, 3.63) is 114 Å². The van der Waals surface area contributed by atoms with Crippen LogP contribution in [0.25, 0.3) is 11.1 Å². The second kappa shape index (κ2) is 14.2. The average Bonchev–Trinajstić information content (AvgIpc) is 3.50. The first-order chi connectivity index (χ1) is 21.5. The summed E-state index contributed by atoms with van der Waals surface area (Å²) in [5.74, 6) is 0.515. The fraction of sp³-hybridized carbons (Fsp3) is 0.489. The predicted octanol–water partition coefficient (Wildman–Crippen LogP) is 6.57. The van der Waals surface area contributed by atoms with Crippen molar-refractivity contribution in [3.8, 4) is 11.1 Å². The van der Waals surface area contributed by atoms with Crippen LogP contribution >= 0.6 is 0 Å². The number of rotatable bonds is 4. The van der Waals surface area contributed by atoms with Crippen LogP contribution in [-0.4, -0.2) is 3.21 Å². The molecular formula is C45H58Cl2Zr. The van der Waals surface area contributed by atoms with E-state index in [0.29, 0.717) is 15.0 Å². The zero-order chi connectivity index (χ0) is 33.3. The monoisotopic (exact) mass is 758 g/mol. The molecule has 1 saturated carbocycles. The van der Waals surface area contributed by atoms with Crippen LogP contribution in [0.5, 0.6) is 0 Å². The normalized spacial score (nSPS) is 19.0. The van der Waals surface area contributed by atoms with E-state index in [-0.39, 0.29) is 35.6 Å². The van der Waals surface area contributed by atoms with Gasteiger partial charge in [0.2, 0.25) is 0 Å².